The van der Waals surface area contributed by atoms with Crippen molar-refractivity contribution in [2.45, 2.75) is 25.3 Å². The molecule has 1 atom stereocenters. The zero-order valence-electron chi connectivity index (χ0n) is 12.8. The van der Waals surface area contributed by atoms with Crippen molar-refractivity contribution in [2.24, 2.45) is 11.7 Å². The molecule has 23 heavy (non-hydrogen) atoms. The van der Waals surface area contributed by atoms with Crippen LogP contribution in [0.3, 0.4) is 0 Å². The van der Waals surface area contributed by atoms with Gasteiger partial charge in [-0.05, 0) is 37.0 Å². The molecule has 0 spiro atoms. The maximum absolute atomic E-state index is 13.1. The van der Waals surface area contributed by atoms with Crippen LogP contribution in [0, 0.1) is 11.7 Å². The van der Waals surface area contributed by atoms with Gasteiger partial charge in [0.1, 0.15) is 11.6 Å². The predicted molar refractivity (Wildman–Crippen MR) is 84.3 cm³/mol. The van der Waals surface area contributed by atoms with Crippen LogP contribution in [0.15, 0.2) is 18.2 Å². The van der Waals surface area contributed by atoms with Gasteiger partial charge in [0, 0.05) is 26.2 Å². The molecule has 1 aromatic carbocycles. The van der Waals surface area contributed by atoms with Gasteiger partial charge in [0.15, 0.2) is 0 Å². The number of rotatable bonds is 5. The number of benzene rings is 1. The van der Waals surface area contributed by atoms with E-state index < -0.39 is 6.04 Å². The smallest absolute Gasteiger partial charge is 0.237 e. The summed E-state index contributed by atoms with van der Waals surface area (Å²) >= 11 is 0. The van der Waals surface area contributed by atoms with Gasteiger partial charge in [-0.15, -0.1) is 0 Å². The zero-order valence-corrected chi connectivity index (χ0v) is 12.8. The van der Waals surface area contributed by atoms with E-state index >= 15 is 0 Å². The highest BCUT2D eigenvalue weighted by atomic mass is 19.1. The second kappa shape index (κ2) is 7.06. The van der Waals surface area contributed by atoms with Crippen molar-refractivity contribution in [3.63, 3.8) is 0 Å². The Morgan fingerprint density at radius 3 is 3.04 bits per heavy atom. The first-order chi connectivity index (χ1) is 11.1. The normalized spacial score (nSPS) is 17.3. The van der Waals surface area contributed by atoms with E-state index in [1.807, 2.05) is 0 Å². The molecule has 1 aliphatic rings. The molecule has 0 bridgehead atoms. The van der Waals surface area contributed by atoms with Gasteiger partial charge in [0.2, 0.25) is 5.91 Å². The number of amides is 1. The summed E-state index contributed by atoms with van der Waals surface area (Å²) in [5, 5.41) is 2.85. The van der Waals surface area contributed by atoms with Crippen LogP contribution in [0.2, 0.25) is 0 Å². The Labute approximate surface area is 133 Å². The average Bonchev–Trinajstić information content (AvgIpc) is 2.96. The van der Waals surface area contributed by atoms with Crippen molar-refractivity contribution >= 4 is 16.9 Å². The SMILES string of the molecule is NC(C(=O)NCCc1nc2ccc(F)cc2[nH]1)C1CCOCC1. The topological polar surface area (TPSA) is 93.0 Å². The number of fused-ring (bicyclic) bond motifs is 1. The van der Waals surface area contributed by atoms with Gasteiger partial charge in [-0.1, -0.05) is 0 Å². The molecule has 7 heteroatoms. The molecule has 124 valence electrons. The Balaban J connectivity index is 1.50. The molecular formula is C16H21FN4O2. The number of H-pyrrole nitrogens is 1. The maximum atomic E-state index is 13.1. The Bertz CT molecular complexity index is 682. The minimum absolute atomic E-state index is 0.140. The molecule has 0 radical (unpaired) electrons. The molecule has 3 rings (SSSR count). The number of hydrogen-bond donors (Lipinski definition) is 3. The van der Waals surface area contributed by atoms with Gasteiger partial charge in [0.05, 0.1) is 17.1 Å². The number of aromatic nitrogens is 2. The number of aromatic amines is 1. The summed E-state index contributed by atoms with van der Waals surface area (Å²) in [7, 11) is 0. The van der Waals surface area contributed by atoms with E-state index in [9.17, 15) is 9.18 Å². The van der Waals surface area contributed by atoms with E-state index in [1.165, 1.54) is 12.1 Å². The first-order valence-electron chi connectivity index (χ1n) is 7.88. The summed E-state index contributed by atoms with van der Waals surface area (Å²) in [6.07, 6.45) is 2.19. The fraction of sp³-hybridized carbons (Fsp3) is 0.500. The van der Waals surface area contributed by atoms with Crippen LogP contribution in [0.4, 0.5) is 4.39 Å². The van der Waals surface area contributed by atoms with Crippen molar-refractivity contribution in [1.29, 1.82) is 0 Å². The summed E-state index contributed by atoms with van der Waals surface area (Å²) in [4.78, 5) is 19.5. The summed E-state index contributed by atoms with van der Waals surface area (Å²) < 4.78 is 18.4. The number of ether oxygens (including phenoxy) is 1. The fourth-order valence-electron chi connectivity index (χ4n) is 2.86. The second-order valence-electron chi connectivity index (χ2n) is 5.86. The van der Waals surface area contributed by atoms with Crippen molar-refractivity contribution < 1.29 is 13.9 Å². The van der Waals surface area contributed by atoms with Crippen LogP contribution in [0.5, 0.6) is 0 Å². The molecule has 2 heterocycles. The van der Waals surface area contributed by atoms with Crippen LogP contribution in [0.25, 0.3) is 11.0 Å². The minimum Gasteiger partial charge on any atom is -0.381 e. The van der Waals surface area contributed by atoms with Crippen LogP contribution in [0.1, 0.15) is 18.7 Å². The quantitative estimate of drug-likeness (QED) is 0.769. The van der Waals surface area contributed by atoms with Crippen LogP contribution < -0.4 is 11.1 Å². The monoisotopic (exact) mass is 320 g/mol. The first kappa shape index (κ1) is 15.9. The summed E-state index contributed by atoms with van der Waals surface area (Å²) in [6, 6.07) is 3.92. The summed E-state index contributed by atoms with van der Waals surface area (Å²) in [5.74, 6) is 0.450. The minimum atomic E-state index is -0.497. The molecule has 1 aromatic heterocycles. The lowest BCUT2D eigenvalue weighted by Gasteiger charge is -2.26. The number of imidazole rings is 1. The largest absolute Gasteiger partial charge is 0.381 e. The molecule has 1 saturated heterocycles. The predicted octanol–water partition coefficient (Wildman–Crippen LogP) is 1.11. The Kier molecular flexibility index (Phi) is 4.88. The number of carbonyl (C=O) groups excluding carboxylic acids is 1. The first-order valence-corrected chi connectivity index (χ1v) is 7.88. The van der Waals surface area contributed by atoms with E-state index in [4.69, 9.17) is 10.5 Å². The van der Waals surface area contributed by atoms with Crippen molar-refractivity contribution in [3.8, 4) is 0 Å². The Morgan fingerprint density at radius 2 is 2.26 bits per heavy atom. The molecule has 1 unspecified atom stereocenters. The van der Waals surface area contributed by atoms with Gasteiger partial charge in [-0.25, -0.2) is 9.37 Å². The van der Waals surface area contributed by atoms with E-state index in [0.29, 0.717) is 43.0 Å². The molecule has 1 fully saturated rings. The molecule has 2 aromatic rings. The second-order valence-corrected chi connectivity index (χ2v) is 5.86. The van der Waals surface area contributed by atoms with Crippen molar-refractivity contribution in [2.75, 3.05) is 19.8 Å². The van der Waals surface area contributed by atoms with Crippen molar-refractivity contribution in [3.05, 3.63) is 29.8 Å². The molecule has 0 aliphatic carbocycles. The van der Waals surface area contributed by atoms with Crippen molar-refractivity contribution in [1.82, 2.24) is 15.3 Å². The summed E-state index contributed by atoms with van der Waals surface area (Å²) in [6.45, 7) is 1.78. The molecule has 6 nitrogen and oxygen atoms in total. The van der Waals surface area contributed by atoms with E-state index in [-0.39, 0.29) is 17.6 Å². The molecule has 1 amide bonds. The molecule has 4 N–H and O–H groups in total. The number of halogens is 1. The van der Waals surface area contributed by atoms with E-state index in [2.05, 4.69) is 15.3 Å². The maximum Gasteiger partial charge on any atom is 0.237 e. The number of hydrogen-bond acceptors (Lipinski definition) is 4. The third kappa shape index (κ3) is 3.86. The molecular weight excluding hydrogens is 299 g/mol. The highest BCUT2D eigenvalue weighted by Gasteiger charge is 2.26. The summed E-state index contributed by atoms with van der Waals surface area (Å²) in [5.41, 5.74) is 7.39. The third-order valence-electron chi connectivity index (χ3n) is 4.23. The Hall–Kier alpha value is -1.99. The number of nitrogens with zero attached hydrogens (tertiary/aromatic N) is 1. The highest BCUT2D eigenvalue weighted by Crippen LogP contribution is 2.17. The van der Waals surface area contributed by atoms with Gasteiger partial charge >= 0.3 is 0 Å². The van der Waals surface area contributed by atoms with E-state index in [0.717, 1.165) is 12.8 Å². The lowest BCUT2D eigenvalue weighted by molar-refractivity contribution is -0.124. The molecule has 0 saturated carbocycles. The van der Waals surface area contributed by atoms with Crippen LogP contribution >= 0.6 is 0 Å². The lowest BCUT2D eigenvalue weighted by Crippen LogP contribution is -2.47. The fourth-order valence-corrected chi connectivity index (χ4v) is 2.86. The van der Waals surface area contributed by atoms with E-state index in [1.54, 1.807) is 6.07 Å². The van der Waals surface area contributed by atoms with Gasteiger partial charge < -0.3 is 20.8 Å². The average molecular weight is 320 g/mol. The third-order valence-corrected chi connectivity index (χ3v) is 4.23. The Morgan fingerprint density at radius 1 is 1.48 bits per heavy atom. The lowest BCUT2D eigenvalue weighted by atomic mass is 9.92. The van der Waals surface area contributed by atoms with Gasteiger partial charge in [-0.2, -0.15) is 0 Å². The van der Waals surface area contributed by atoms with Gasteiger partial charge in [-0.3, -0.25) is 4.79 Å². The highest BCUT2D eigenvalue weighted by molar-refractivity contribution is 5.81. The standard InChI is InChI=1S/C16H21FN4O2/c17-11-1-2-12-13(9-11)21-14(20-12)3-6-19-16(22)15(18)10-4-7-23-8-5-10/h1-2,9-10,15H,3-8,18H2,(H,19,22)(H,20,21). The van der Waals surface area contributed by atoms with Crippen LogP contribution in [-0.4, -0.2) is 41.7 Å². The number of carbonyl (C=O) groups is 1. The number of nitrogens with one attached hydrogen (secondary N) is 2. The number of nitrogens with two attached hydrogens (primary N) is 1. The van der Waals surface area contributed by atoms with Gasteiger partial charge in [0.25, 0.3) is 0 Å². The van der Waals surface area contributed by atoms with Crippen LogP contribution in [-0.2, 0) is 16.0 Å². The zero-order chi connectivity index (χ0) is 16.2. The molecule has 1 aliphatic heterocycles.